The van der Waals surface area contributed by atoms with Crippen molar-refractivity contribution in [3.8, 4) is 0 Å². The fourth-order valence-electron chi connectivity index (χ4n) is 4.33. The second-order valence-corrected chi connectivity index (χ2v) is 20.1. The minimum Gasteiger partial charge on any atom is -0.469 e. The molecule has 1 aliphatic heterocycles. The lowest BCUT2D eigenvalue weighted by atomic mass is 9.99. The van der Waals surface area contributed by atoms with E-state index >= 15 is 0 Å². The largest absolute Gasteiger partial charge is 0.469 e. The number of methoxy groups -OCH3 is 1. The Morgan fingerprint density at radius 3 is 2.17 bits per heavy atom. The standard InChI is InChI=1S/C31H49NO6SSi/c1-29(2,3)37-28(35)32-25(31(7,8)39-26(32)19-22-15-13-12-14-16-22)18-17-23(33)20-24(21-27(34)36-9)38-40(10,11)30(4,5)6/h12-18,24-26H,19-21H2,1-11H3/t24-,25-,26?/m0/s1. The molecule has 2 rings (SSSR count). The second kappa shape index (κ2) is 13.3. The Kier molecular flexibility index (Phi) is 11.3. The summed E-state index contributed by atoms with van der Waals surface area (Å²) in [5.74, 6) is -0.572. The monoisotopic (exact) mass is 591 g/mol. The highest BCUT2D eigenvalue weighted by Gasteiger charge is 2.49. The van der Waals surface area contributed by atoms with Crippen LogP contribution in [-0.4, -0.2) is 66.0 Å². The first-order valence-electron chi connectivity index (χ1n) is 13.9. The molecule has 0 bridgehead atoms. The van der Waals surface area contributed by atoms with Crippen molar-refractivity contribution >= 4 is 37.9 Å². The Morgan fingerprint density at radius 1 is 1.05 bits per heavy atom. The highest BCUT2D eigenvalue weighted by Crippen LogP contribution is 2.46. The summed E-state index contributed by atoms with van der Waals surface area (Å²) in [5, 5.41) is -0.237. The fourth-order valence-corrected chi connectivity index (χ4v) is 7.32. The van der Waals surface area contributed by atoms with Crippen LogP contribution in [0.2, 0.25) is 18.1 Å². The first kappa shape index (κ1) is 34.1. The van der Waals surface area contributed by atoms with Crippen LogP contribution in [0.4, 0.5) is 4.79 Å². The van der Waals surface area contributed by atoms with Gasteiger partial charge in [-0.3, -0.25) is 14.5 Å². The average Bonchev–Trinajstić information content (AvgIpc) is 3.04. The summed E-state index contributed by atoms with van der Waals surface area (Å²) in [6.07, 6.45) is 3.09. The van der Waals surface area contributed by atoms with Gasteiger partial charge in [0.05, 0.1) is 31.1 Å². The number of ether oxygens (including phenoxy) is 2. The van der Waals surface area contributed by atoms with Gasteiger partial charge < -0.3 is 13.9 Å². The number of benzene rings is 1. The van der Waals surface area contributed by atoms with Crippen LogP contribution < -0.4 is 0 Å². The van der Waals surface area contributed by atoms with E-state index in [2.05, 4.69) is 59.8 Å². The molecule has 0 aromatic heterocycles. The van der Waals surface area contributed by atoms with E-state index in [1.807, 2.05) is 45.0 Å². The van der Waals surface area contributed by atoms with Gasteiger partial charge in [-0.1, -0.05) is 57.2 Å². The van der Waals surface area contributed by atoms with Crippen LogP contribution in [0.1, 0.15) is 73.8 Å². The number of ketones is 1. The summed E-state index contributed by atoms with van der Waals surface area (Å²) in [5.41, 5.74) is 0.469. The quantitative estimate of drug-likeness (QED) is 0.162. The van der Waals surface area contributed by atoms with Crippen molar-refractivity contribution in [3.63, 3.8) is 0 Å². The lowest BCUT2D eigenvalue weighted by Gasteiger charge is -2.39. The van der Waals surface area contributed by atoms with Crippen molar-refractivity contribution in [1.82, 2.24) is 4.90 Å². The minimum atomic E-state index is -2.24. The van der Waals surface area contributed by atoms with Crippen LogP contribution in [0, 0.1) is 0 Å². The normalized spacial score (nSPS) is 20.4. The van der Waals surface area contributed by atoms with Gasteiger partial charge in [-0.05, 0) is 64.4 Å². The second-order valence-electron chi connectivity index (χ2n) is 13.5. The van der Waals surface area contributed by atoms with Gasteiger partial charge in [0, 0.05) is 17.6 Å². The predicted octanol–water partition coefficient (Wildman–Crippen LogP) is 7.16. The van der Waals surface area contributed by atoms with E-state index in [-0.39, 0.29) is 39.8 Å². The zero-order valence-corrected chi connectivity index (χ0v) is 28.0. The summed E-state index contributed by atoms with van der Waals surface area (Å²) in [7, 11) is -0.900. The van der Waals surface area contributed by atoms with Crippen LogP contribution in [0.5, 0.6) is 0 Å². The number of hydrogen-bond donors (Lipinski definition) is 0. The van der Waals surface area contributed by atoms with Crippen molar-refractivity contribution in [3.05, 3.63) is 48.0 Å². The molecule has 1 fully saturated rings. The van der Waals surface area contributed by atoms with Gasteiger partial charge in [-0.15, -0.1) is 11.8 Å². The van der Waals surface area contributed by atoms with Gasteiger partial charge in [0.25, 0.3) is 0 Å². The van der Waals surface area contributed by atoms with Crippen molar-refractivity contribution in [1.29, 1.82) is 0 Å². The Bertz CT molecular complexity index is 1060. The molecule has 0 radical (unpaired) electrons. The Labute approximate surface area is 246 Å². The van der Waals surface area contributed by atoms with Crippen molar-refractivity contribution in [2.24, 2.45) is 0 Å². The summed E-state index contributed by atoms with van der Waals surface area (Å²) in [4.78, 5) is 40.7. The van der Waals surface area contributed by atoms with Crippen LogP contribution in [0.3, 0.4) is 0 Å². The van der Waals surface area contributed by atoms with E-state index in [9.17, 15) is 14.4 Å². The third-order valence-corrected chi connectivity index (χ3v) is 13.5. The van der Waals surface area contributed by atoms with Crippen molar-refractivity contribution in [2.45, 2.75) is 121 Å². The number of esters is 1. The highest BCUT2D eigenvalue weighted by atomic mass is 32.2. The summed E-state index contributed by atoms with van der Waals surface area (Å²) >= 11 is 1.70. The molecule has 0 N–H and O–H groups in total. The molecule has 1 unspecified atom stereocenters. The molecular weight excluding hydrogens is 542 g/mol. The topological polar surface area (TPSA) is 82.1 Å². The molecule has 1 aromatic rings. The first-order chi connectivity index (χ1) is 18.3. The Morgan fingerprint density at radius 2 is 1.65 bits per heavy atom. The maximum absolute atomic E-state index is 13.5. The molecule has 9 heteroatoms. The van der Waals surface area contributed by atoms with Gasteiger partial charge in [-0.2, -0.15) is 0 Å². The van der Waals surface area contributed by atoms with E-state index < -0.39 is 32.1 Å². The lowest BCUT2D eigenvalue weighted by molar-refractivity contribution is -0.142. The molecule has 1 heterocycles. The molecule has 1 aliphatic rings. The Hall–Kier alpha value is -2.10. The summed E-state index contributed by atoms with van der Waals surface area (Å²) in [6, 6.07) is 9.69. The molecule has 1 aromatic carbocycles. The number of carbonyl (C=O) groups is 3. The molecule has 3 atom stereocenters. The summed E-state index contributed by atoms with van der Waals surface area (Å²) < 4.78 is 16.8. The zero-order valence-electron chi connectivity index (χ0n) is 26.2. The maximum Gasteiger partial charge on any atom is 0.411 e. The van der Waals surface area contributed by atoms with Gasteiger partial charge >= 0.3 is 12.1 Å². The van der Waals surface area contributed by atoms with Crippen LogP contribution in [0.25, 0.3) is 0 Å². The van der Waals surface area contributed by atoms with Gasteiger partial charge in [0.1, 0.15) is 5.60 Å². The molecule has 7 nitrogen and oxygen atoms in total. The fraction of sp³-hybridized carbons (Fsp3) is 0.645. The number of carbonyl (C=O) groups excluding carboxylic acids is 3. The van der Waals surface area contributed by atoms with Gasteiger partial charge in [-0.25, -0.2) is 4.79 Å². The smallest absolute Gasteiger partial charge is 0.411 e. The first-order valence-corrected chi connectivity index (χ1v) is 17.7. The molecule has 0 aliphatic carbocycles. The molecule has 40 heavy (non-hydrogen) atoms. The molecule has 1 saturated heterocycles. The highest BCUT2D eigenvalue weighted by molar-refractivity contribution is 8.01. The number of amides is 1. The third kappa shape index (κ3) is 9.77. The van der Waals surface area contributed by atoms with E-state index in [0.29, 0.717) is 6.42 Å². The third-order valence-electron chi connectivity index (χ3n) is 7.40. The molecular formula is C31H49NO6SSi. The molecule has 224 valence electrons. The van der Waals surface area contributed by atoms with Crippen LogP contribution >= 0.6 is 11.8 Å². The van der Waals surface area contributed by atoms with E-state index in [1.54, 1.807) is 16.7 Å². The molecule has 0 spiro atoms. The molecule has 0 saturated carbocycles. The van der Waals surface area contributed by atoms with E-state index in [4.69, 9.17) is 13.9 Å². The lowest BCUT2D eigenvalue weighted by Crippen LogP contribution is -2.47. The SMILES string of the molecule is COC(=O)C[C@H](CC(=O)C=C[C@@H]1N(C(=O)OC(C)(C)C)C(Cc2ccccc2)SC1(C)C)O[Si](C)(C)C(C)(C)C. The number of allylic oxidation sites excluding steroid dienone is 1. The maximum atomic E-state index is 13.5. The number of hydrogen-bond acceptors (Lipinski definition) is 7. The zero-order chi connectivity index (χ0) is 30.5. The van der Waals surface area contributed by atoms with Crippen molar-refractivity contribution in [2.75, 3.05) is 7.11 Å². The number of thioether (sulfide) groups is 1. The minimum absolute atomic E-state index is 0.0105. The number of rotatable bonds is 10. The van der Waals surface area contributed by atoms with E-state index in [0.717, 1.165) is 5.56 Å². The van der Waals surface area contributed by atoms with Gasteiger partial charge in [0.15, 0.2) is 14.1 Å². The van der Waals surface area contributed by atoms with Crippen LogP contribution in [-0.2, 0) is 29.9 Å². The van der Waals surface area contributed by atoms with Crippen molar-refractivity contribution < 1.29 is 28.3 Å². The van der Waals surface area contributed by atoms with Crippen LogP contribution in [0.15, 0.2) is 42.5 Å². The predicted molar refractivity (Wildman–Crippen MR) is 165 cm³/mol. The Balaban J connectivity index is 2.32. The molecule has 1 amide bonds. The average molecular weight is 592 g/mol. The van der Waals surface area contributed by atoms with E-state index in [1.165, 1.54) is 13.2 Å². The van der Waals surface area contributed by atoms with Gasteiger partial charge in [0.2, 0.25) is 0 Å². The summed E-state index contributed by atoms with van der Waals surface area (Å²) in [6.45, 7) is 20.3. The number of nitrogens with zero attached hydrogens (tertiary/aromatic N) is 1.